The Bertz CT molecular complexity index is 1400. The third kappa shape index (κ3) is 4.38. The molecule has 0 saturated carbocycles. The smallest absolute Gasteiger partial charge is 0.338 e. The van der Waals surface area contributed by atoms with Crippen LogP contribution in [0.2, 0.25) is 0 Å². The maximum absolute atomic E-state index is 14.1. The van der Waals surface area contributed by atoms with E-state index in [4.69, 9.17) is 9.47 Å². The molecule has 0 bridgehead atoms. The van der Waals surface area contributed by atoms with E-state index in [1.165, 1.54) is 55.6 Å². The largest absolute Gasteiger partial charge is 0.508 e. The number of amides is 1. The summed E-state index contributed by atoms with van der Waals surface area (Å²) >= 11 is 0. The van der Waals surface area contributed by atoms with Crippen molar-refractivity contribution < 1.29 is 38.5 Å². The van der Waals surface area contributed by atoms with Crippen molar-refractivity contribution in [1.82, 2.24) is 0 Å². The number of anilines is 1. The minimum atomic E-state index is -1.21. The molecule has 0 aliphatic carbocycles. The molecule has 8 nitrogen and oxygen atoms in total. The van der Waals surface area contributed by atoms with Gasteiger partial charge in [0.1, 0.15) is 23.1 Å². The number of benzene rings is 3. The minimum Gasteiger partial charge on any atom is -0.508 e. The van der Waals surface area contributed by atoms with Crippen LogP contribution in [-0.2, 0) is 14.3 Å². The zero-order chi connectivity index (χ0) is 26.0. The summed E-state index contributed by atoms with van der Waals surface area (Å²) in [4.78, 5) is 40.0. The summed E-state index contributed by atoms with van der Waals surface area (Å²) in [5, 5.41) is 21.3. The number of nitrogens with zero attached hydrogens (tertiary/aromatic N) is 1. The molecule has 184 valence electrons. The van der Waals surface area contributed by atoms with Gasteiger partial charge in [-0.15, -0.1) is 0 Å². The second-order valence-electron chi connectivity index (χ2n) is 7.88. The maximum atomic E-state index is 14.1. The lowest BCUT2D eigenvalue weighted by atomic mass is 9.94. The topological polar surface area (TPSA) is 113 Å². The third-order valence-corrected chi connectivity index (χ3v) is 5.68. The van der Waals surface area contributed by atoms with Crippen molar-refractivity contribution in [2.45, 2.75) is 13.0 Å². The molecule has 1 atom stereocenters. The van der Waals surface area contributed by atoms with E-state index in [0.717, 1.165) is 17.0 Å². The van der Waals surface area contributed by atoms with Crippen LogP contribution in [0.4, 0.5) is 10.1 Å². The second kappa shape index (κ2) is 9.91. The van der Waals surface area contributed by atoms with Crippen molar-refractivity contribution in [3.05, 3.63) is 94.8 Å². The van der Waals surface area contributed by atoms with Gasteiger partial charge in [-0.3, -0.25) is 14.5 Å². The van der Waals surface area contributed by atoms with E-state index in [-0.39, 0.29) is 40.5 Å². The number of hydrogen-bond acceptors (Lipinski definition) is 7. The van der Waals surface area contributed by atoms with E-state index >= 15 is 0 Å². The zero-order valence-corrected chi connectivity index (χ0v) is 19.4. The number of ether oxygens (including phenoxy) is 2. The first kappa shape index (κ1) is 24.5. The highest BCUT2D eigenvalue weighted by molar-refractivity contribution is 6.51. The molecule has 1 aliphatic rings. The Kier molecular flexibility index (Phi) is 6.73. The lowest BCUT2D eigenvalue weighted by Gasteiger charge is -2.26. The molecule has 1 fully saturated rings. The van der Waals surface area contributed by atoms with Crippen LogP contribution >= 0.6 is 0 Å². The van der Waals surface area contributed by atoms with Crippen molar-refractivity contribution in [2.24, 2.45) is 0 Å². The molecule has 4 rings (SSSR count). The van der Waals surface area contributed by atoms with Gasteiger partial charge in [-0.05, 0) is 61.0 Å². The Labute approximate surface area is 205 Å². The van der Waals surface area contributed by atoms with Gasteiger partial charge in [0, 0.05) is 5.69 Å². The van der Waals surface area contributed by atoms with Crippen LogP contribution in [0.15, 0.2) is 72.3 Å². The zero-order valence-electron chi connectivity index (χ0n) is 19.4. The minimum absolute atomic E-state index is 0.0825. The molecule has 0 spiro atoms. The number of aliphatic hydroxyl groups excluding tert-OH is 1. The molecule has 0 radical (unpaired) electrons. The predicted molar refractivity (Wildman–Crippen MR) is 128 cm³/mol. The number of phenols is 1. The first-order valence-corrected chi connectivity index (χ1v) is 11.0. The van der Waals surface area contributed by atoms with Crippen molar-refractivity contribution in [2.75, 3.05) is 18.6 Å². The number of methoxy groups -OCH3 is 1. The molecule has 3 aromatic carbocycles. The monoisotopic (exact) mass is 491 g/mol. The van der Waals surface area contributed by atoms with Crippen molar-refractivity contribution in [3.8, 4) is 11.5 Å². The third-order valence-electron chi connectivity index (χ3n) is 5.68. The second-order valence-corrected chi connectivity index (χ2v) is 7.88. The van der Waals surface area contributed by atoms with Crippen LogP contribution < -0.4 is 9.64 Å². The molecule has 1 aliphatic heterocycles. The number of halogens is 1. The molecule has 9 heteroatoms. The molecule has 1 saturated heterocycles. The Morgan fingerprint density at radius 1 is 1.06 bits per heavy atom. The number of phenolic OH excluding ortho intramolecular Hbond substituents is 1. The van der Waals surface area contributed by atoms with Crippen LogP contribution in [0.1, 0.15) is 34.5 Å². The van der Waals surface area contributed by atoms with Gasteiger partial charge >= 0.3 is 5.97 Å². The number of aromatic hydroxyl groups is 1. The molecule has 2 N–H and O–H groups in total. The number of carbonyl (C=O) groups is 3. The van der Waals surface area contributed by atoms with Gasteiger partial charge in [-0.1, -0.05) is 18.2 Å². The Morgan fingerprint density at radius 2 is 1.81 bits per heavy atom. The van der Waals surface area contributed by atoms with Gasteiger partial charge in [-0.25, -0.2) is 9.18 Å². The standard InChI is InChI=1S/C27H22FNO7/c1-3-36-27(34)16-7-4-8-18(12-16)29-23(15-6-5-9-19(30)13-15)22(25(32)26(29)33)24(31)20-14-17(28)10-11-21(20)35-2/h4-14,23,30-31H,3H2,1-2H3/b24-22+. The van der Waals surface area contributed by atoms with E-state index in [9.17, 15) is 29.0 Å². The number of ketones is 1. The number of rotatable bonds is 6. The van der Waals surface area contributed by atoms with Crippen LogP contribution in [0.5, 0.6) is 11.5 Å². The summed E-state index contributed by atoms with van der Waals surface area (Å²) in [5.41, 5.74) is 0.170. The fourth-order valence-electron chi connectivity index (χ4n) is 4.12. The van der Waals surface area contributed by atoms with Crippen molar-refractivity contribution in [1.29, 1.82) is 0 Å². The first-order chi connectivity index (χ1) is 17.3. The van der Waals surface area contributed by atoms with Gasteiger partial charge in [0.15, 0.2) is 0 Å². The van der Waals surface area contributed by atoms with Crippen LogP contribution in [0.25, 0.3) is 5.76 Å². The average Bonchev–Trinajstić information content (AvgIpc) is 3.14. The highest BCUT2D eigenvalue weighted by Gasteiger charge is 2.47. The van der Waals surface area contributed by atoms with E-state index in [0.29, 0.717) is 5.56 Å². The van der Waals surface area contributed by atoms with Gasteiger partial charge in [0.05, 0.1) is 36.5 Å². The van der Waals surface area contributed by atoms with Crippen molar-refractivity contribution >= 4 is 29.1 Å². The fourth-order valence-corrected chi connectivity index (χ4v) is 4.12. The normalized spacial score (nSPS) is 16.8. The number of hydrogen-bond donors (Lipinski definition) is 2. The maximum Gasteiger partial charge on any atom is 0.338 e. The molecule has 1 heterocycles. The SMILES string of the molecule is CCOC(=O)c1cccc(N2C(=O)C(=O)/C(=C(/O)c3cc(F)ccc3OC)C2c2cccc(O)c2)c1. The van der Waals surface area contributed by atoms with Gasteiger partial charge in [0.2, 0.25) is 0 Å². The van der Waals surface area contributed by atoms with E-state index < -0.39 is 35.3 Å². The highest BCUT2D eigenvalue weighted by atomic mass is 19.1. The van der Waals surface area contributed by atoms with Gasteiger partial charge in [-0.2, -0.15) is 0 Å². The summed E-state index contributed by atoms with van der Waals surface area (Å²) in [7, 11) is 1.32. The van der Waals surface area contributed by atoms with Crippen molar-refractivity contribution in [3.63, 3.8) is 0 Å². The molecule has 3 aromatic rings. The average molecular weight is 491 g/mol. The number of carbonyl (C=O) groups excluding carboxylic acids is 3. The Morgan fingerprint density at radius 3 is 2.50 bits per heavy atom. The fraction of sp³-hybridized carbons (Fsp3) is 0.148. The number of aliphatic hydroxyl groups is 1. The Balaban J connectivity index is 1.96. The first-order valence-electron chi connectivity index (χ1n) is 11.0. The van der Waals surface area contributed by atoms with Crippen LogP contribution in [-0.4, -0.2) is 41.6 Å². The molecular weight excluding hydrogens is 469 g/mol. The highest BCUT2D eigenvalue weighted by Crippen LogP contribution is 2.44. The summed E-state index contributed by atoms with van der Waals surface area (Å²) in [6.07, 6.45) is 0. The number of esters is 1. The van der Waals surface area contributed by atoms with Crippen LogP contribution in [0.3, 0.4) is 0 Å². The number of Topliss-reactive ketones (excluding diaryl/α,β-unsaturated/α-hetero) is 1. The summed E-state index contributed by atoms with van der Waals surface area (Å²) in [5.74, 6) is -4.03. The summed E-state index contributed by atoms with van der Waals surface area (Å²) < 4.78 is 24.3. The molecule has 36 heavy (non-hydrogen) atoms. The van der Waals surface area contributed by atoms with Gasteiger partial charge < -0.3 is 19.7 Å². The molecule has 1 unspecified atom stereocenters. The summed E-state index contributed by atoms with van der Waals surface area (Å²) in [6.45, 7) is 1.80. The van der Waals surface area contributed by atoms with E-state index in [2.05, 4.69) is 0 Å². The van der Waals surface area contributed by atoms with Gasteiger partial charge in [0.25, 0.3) is 11.7 Å². The van der Waals surface area contributed by atoms with E-state index in [1.807, 2.05) is 0 Å². The van der Waals surface area contributed by atoms with E-state index in [1.54, 1.807) is 13.0 Å². The lowest BCUT2D eigenvalue weighted by molar-refractivity contribution is -0.132. The summed E-state index contributed by atoms with van der Waals surface area (Å²) in [6, 6.07) is 14.0. The lowest BCUT2D eigenvalue weighted by Crippen LogP contribution is -2.29. The molecule has 1 amide bonds. The predicted octanol–water partition coefficient (Wildman–Crippen LogP) is 4.34. The van der Waals surface area contributed by atoms with Crippen LogP contribution in [0, 0.1) is 5.82 Å². The molecular formula is C27H22FNO7. The molecule has 0 aromatic heterocycles. The quantitative estimate of drug-likeness (QED) is 0.228. The Hall–Kier alpha value is -4.66.